The number of pyridine rings is 1. The topological polar surface area (TPSA) is 30.0 Å². The molecule has 0 saturated heterocycles. The zero-order valence-corrected chi connectivity index (χ0v) is 10.9. The Hall–Kier alpha value is -1.96. The van der Waals surface area contributed by atoms with E-state index in [0.717, 1.165) is 25.0 Å². The van der Waals surface area contributed by atoms with E-state index >= 15 is 0 Å². The molecule has 1 saturated carbocycles. The molecule has 2 nitrogen and oxygen atoms in total. The van der Waals surface area contributed by atoms with Crippen molar-refractivity contribution in [2.75, 3.05) is 0 Å². The van der Waals surface area contributed by atoms with E-state index in [1.165, 1.54) is 11.1 Å². The van der Waals surface area contributed by atoms with E-state index in [1.807, 2.05) is 30.5 Å². The van der Waals surface area contributed by atoms with Crippen LogP contribution in [0.15, 0.2) is 48.7 Å². The molecule has 19 heavy (non-hydrogen) atoms. The highest BCUT2D eigenvalue weighted by Crippen LogP contribution is 2.36. The Labute approximate surface area is 113 Å². The second kappa shape index (κ2) is 5.35. The third-order valence-electron chi connectivity index (χ3n) is 3.82. The van der Waals surface area contributed by atoms with Gasteiger partial charge in [-0.2, -0.15) is 0 Å². The number of hydrogen-bond acceptors (Lipinski definition) is 2. The molecule has 0 N–H and O–H groups in total. The molecule has 96 valence electrons. The molecule has 3 rings (SSSR count). The maximum absolute atomic E-state index is 11.7. The zero-order chi connectivity index (χ0) is 13.1. The molecule has 1 aliphatic carbocycles. The number of hydrogen-bond donors (Lipinski definition) is 0. The lowest BCUT2D eigenvalue weighted by Gasteiger charge is -2.23. The second-order valence-corrected chi connectivity index (χ2v) is 5.13. The number of carbonyl (C=O) groups is 1. The van der Waals surface area contributed by atoms with Crippen molar-refractivity contribution >= 4 is 5.78 Å². The van der Waals surface area contributed by atoms with E-state index in [-0.39, 0.29) is 0 Å². The van der Waals surface area contributed by atoms with Crippen LogP contribution in [0.4, 0.5) is 0 Å². The molecular formula is C17H17NO. The van der Waals surface area contributed by atoms with Crippen molar-refractivity contribution < 1.29 is 4.79 Å². The molecule has 2 aromatic rings. The minimum absolute atomic E-state index is 0.361. The van der Waals surface area contributed by atoms with Gasteiger partial charge in [0.15, 0.2) is 0 Å². The molecule has 0 spiro atoms. The van der Waals surface area contributed by atoms with Crippen LogP contribution in [-0.2, 0) is 4.79 Å². The lowest BCUT2D eigenvalue weighted by molar-refractivity contribution is -0.120. The molecular weight excluding hydrogens is 234 g/mol. The van der Waals surface area contributed by atoms with Crippen LogP contribution in [0.25, 0.3) is 11.3 Å². The van der Waals surface area contributed by atoms with Crippen molar-refractivity contribution in [3.05, 3.63) is 54.2 Å². The fourth-order valence-electron chi connectivity index (χ4n) is 2.90. The van der Waals surface area contributed by atoms with Gasteiger partial charge in [-0.15, -0.1) is 0 Å². The fraction of sp³-hybridized carbons (Fsp3) is 0.294. The van der Waals surface area contributed by atoms with Crippen molar-refractivity contribution in [2.24, 2.45) is 0 Å². The highest BCUT2D eigenvalue weighted by molar-refractivity contribution is 5.80. The van der Waals surface area contributed by atoms with Gasteiger partial charge in [0.1, 0.15) is 5.78 Å². The van der Waals surface area contributed by atoms with E-state index in [4.69, 9.17) is 0 Å². The number of rotatable bonds is 2. The van der Waals surface area contributed by atoms with Gasteiger partial charge in [0.25, 0.3) is 0 Å². The van der Waals surface area contributed by atoms with Crippen LogP contribution >= 0.6 is 0 Å². The van der Waals surface area contributed by atoms with E-state index < -0.39 is 0 Å². The summed E-state index contributed by atoms with van der Waals surface area (Å²) in [6.45, 7) is 0. The summed E-state index contributed by atoms with van der Waals surface area (Å²) in [6, 6.07) is 14.3. The van der Waals surface area contributed by atoms with Crippen LogP contribution in [-0.4, -0.2) is 10.8 Å². The lowest BCUT2D eigenvalue weighted by Crippen LogP contribution is -2.14. The Bertz CT molecular complexity index is 577. The van der Waals surface area contributed by atoms with Crippen molar-refractivity contribution in [3.8, 4) is 11.3 Å². The maximum atomic E-state index is 11.7. The summed E-state index contributed by atoms with van der Waals surface area (Å²) in [5.41, 5.74) is 3.44. The van der Waals surface area contributed by atoms with Gasteiger partial charge in [-0.3, -0.25) is 9.78 Å². The second-order valence-electron chi connectivity index (χ2n) is 5.13. The minimum Gasteiger partial charge on any atom is -0.300 e. The Kier molecular flexibility index (Phi) is 3.41. The number of benzene rings is 1. The zero-order valence-electron chi connectivity index (χ0n) is 10.9. The van der Waals surface area contributed by atoms with Crippen LogP contribution in [0.1, 0.15) is 37.2 Å². The number of aromatic nitrogens is 1. The van der Waals surface area contributed by atoms with Crippen molar-refractivity contribution in [1.29, 1.82) is 0 Å². The van der Waals surface area contributed by atoms with Crippen molar-refractivity contribution in [2.45, 2.75) is 31.6 Å². The quantitative estimate of drug-likeness (QED) is 0.808. The first-order valence-electron chi connectivity index (χ1n) is 6.86. The van der Waals surface area contributed by atoms with Crippen molar-refractivity contribution in [1.82, 2.24) is 4.98 Å². The van der Waals surface area contributed by atoms with Crippen LogP contribution in [0, 0.1) is 0 Å². The van der Waals surface area contributed by atoms with Gasteiger partial charge in [0.05, 0.1) is 5.69 Å². The maximum Gasteiger partial charge on any atom is 0.133 e. The molecule has 1 aromatic heterocycles. The van der Waals surface area contributed by atoms with Gasteiger partial charge < -0.3 is 0 Å². The van der Waals surface area contributed by atoms with Crippen LogP contribution in [0.2, 0.25) is 0 Å². The smallest absolute Gasteiger partial charge is 0.133 e. The normalized spacial score (nSPS) is 19.4. The molecule has 0 radical (unpaired) electrons. The van der Waals surface area contributed by atoms with E-state index in [2.05, 4.69) is 23.2 Å². The van der Waals surface area contributed by atoms with Crippen molar-refractivity contribution in [3.63, 3.8) is 0 Å². The van der Waals surface area contributed by atoms with Gasteiger partial charge in [0, 0.05) is 24.6 Å². The number of ketones is 1. The summed E-state index contributed by atoms with van der Waals surface area (Å²) in [5.74, 6) is 0.756. The highest BCUT2D eigenvalue weighted by atomic mass is 16.1. The van der Waals surface area contributed by atoms with Gasteiger partial charge >= 0.3 is 0 Å². The lowest BCUT2D eigenvalue weighted by atomic mass is 9.81. The Morgan fingerprint density at radius 2 is 1.89 bits per heavy atom. The summed E-state index contributed by atoms with van der Waals surface area (Å²) in [6.07, 6.45) is 5.37. The van der Waals surface area contributed by atoms with Gasteiger partial charge in [0.2, 0.25) is 0 Å². The van der Waals surface area contributed by atoms with Gasteiger partial charge in [-0.05, 0) is 36.5 Å². The predicted molar refractivity (Wildman–Crippen MR) is 75.9 cm³/mol. The summed E-state index contributed by atoms with van der Waals surface area (Å²) in [4.78, 5) is 16.1. The van der Waals surface area contributed by atoms with Gasteiger partial charge in [-0.1, -0.05) is 30.3 Å². The summed E-state index contributed by atoms with van der Waals surface area (Å²) >= 11 is 0. The van der Waals surface area contributed by atoms with Crippen LogP contribution < -0.4 is 0 Å². The molecule has 2 heteroatoms. The molecule has 1 unspecified atom stereocenters. The first kappa shape index (κ1) is 12.1. The molecule has 1 aliphatic rings. The average Bonchev–Trinajstić information content (AvgIpc) is 2.48. The number of Topliss-reactive ketones (excluding diaryl/α,β-unsaturated/α-hetero) is 1. The molecule has 0 aliphatic heterocycles. The predicted octanol–water partition coefficient (Wildman–Crippen LogP) is 3.98. The monoisotopic (exact) mass is 251 g/mol. The molecule has 1 fully saturated rings. The van der Waals surface area contributed by atoms with E-state index in [0.29, 0.717) is 18.1 Å². The van der Waals surface area contributed by atoms with Gasteiger partial charge in [-0.25, -0.2) is 0 Å². The summed E-state index contributed by atoms with van der Waals surface area (Å²) in [7, 11) is 0. The first-order valence-corrected chi connectivity index (χ1v) is 6.86. The third-order valence-corrected chi connectivity index (χ3v) is 3.82. The van der Waals surface area contributed by atoms with Crippen LogP contribution in [0.5, 0.6) is 0 Å². The Balaban J connectivity index is 2.00. The largest absolute Gasteiger partial charge is 0.300 e. The average molecular weight is 251 g/mol. The molecule has 0 bridgehead atoms. The van der Waals surface area contributed by atoms with E-state index in [1.54, 1.807) is 0 Å². The number of carbonyl (C=O) groups excluding carboxylic acids is 1. The third kappa shape index (κ3) is 2.58. The first-order chi connectivity index (χ1) is 9.34. The van der Waals surface area contributed by atoms with E-state index in [9.17, 15) is 4.79 Å². The SMILES string of the molecule is O=C1CCCC(c2ccccc2-c2ccccn2)C1. The minimum atomic E-state index is 0.361. The summed E-state index contributed by atoms with van der Waals surface area (Å²) in [5, 5.41) is 0. The molecule has 1 atom stereocenters. The highest BCUT2D eigenvalue weighted by Gasteiger charge is 2.23. The molecule has 1 heterocycles. The standard InChI is InChI=1S/C17H17NO/c19-14-7-5-6-13(12-14)15-8-1-2-9-16(15)17-10-3-4-11-18-17/h1-4,8-11,13H,5-7,12H2. The summed E-state index contributed by atoms with van der Waals surface area (Å²) < 4.78 is 0. The molecule has 1 aromatic carbocycles. The van der Waals surface area contributed by atoms with Crippen LogP contribution in [0.3, 0.4) is 0 Å². The number of nitrogens with zero attached hydrogens (tertiary/aromatic N) is 1. The Morgan fingerprint density at radius 1 is 1.05 bits per heavy atom. The fourth-order valence-corrected chi connectivity index (χ4v) is 2.90. The molecule has 0 amide bonds. The Morgan fingerprint density at radius 3 is 2.68 bits per heavy atom.